The highest BCUT2D eigenvalue weighted by Gasteiger charge is 2.24. The van der Waals surface area contributed by atoms with Crippen molar-refractivity contribution in [3.05, 3.63) is 65.5 Å². The number of benzene rings is 2. The molecule has 0 radical (unpaired) electrons. The minimum absolute atomic E-state index is 0.148. The van der Waals surface area contributed by atoms with E-state index in [0.29, 0.717) is 0 Å². The van der Waals surface area contributed by atoms with Crippen molar-refractivity contribution in [2.75, 3.05) is 18.9 Å². The van der Waals surface area contributed by atoms with E-state index in [9.17, 15) is 22.8 Å². The molecule has 0 fully saturated rings. The molecule has 0 bridgehead atoms. The molecule has 2 N–H and O–H groups in total. The van der Waals surface area contributed by atoms with Gasteiger partial charge in [-0.15, -0.1) is 0 Å². The fourth-order valence-corrected chi connectivity index (χ4v) is 2.96. The van der Waals surface area contributed by atoms with Crippen molar-refractivity contribution >= 4 is 17.5 Å². The number of likely N-dealkylation sites (N-methyl/N-ethyl adjacent to an activating group) is 1. The van der Waals surface area contributed by atoms with Crippen LogP contribution in [0.4, 0.5) is 18.9 Å². The van der Waals surface area contributed by atoms with Gasteiger partial charge in [-0.2, -0.15) is 0 Å². The molecular formula is C22H26F3N3O2. The molecule has 2 rings (SSSR count). The van der Waals surface area contributed by atoms with Crippen molar-refractivity contribution in [1.82, 2.24) is 10.2 Å². The van der Waals surface area contributed by atoms with Crippen LogP contribution >= 0.6 is 0 Å². The lowest BCUT2D eigenvalue weighted by atomic mass is 10.0. The number of halogens is 3. The van der Waals surface area contributed by atoms with Gasteiger partial charge in [0.05, 0.1) is 24.3 Å². The lowest BCUT2D eigenvalue weighted by molar-refractivity contribution is -0.127. The first-order valence-corrected chi connectivity index (χ1v) is 9.73. The van der Waals surface area contributed by atoms with Crippen molar-refractivity contribution in [1.29, 1.82) is 0 Å². The maximum Gasteiger partial charge on any atom is 0.238 e. The Morgan fingerprint density at radius 1 is 1.03 bits per heavy atom. The van der Waals surface area contributed by atoms with E-state index in [0.717, 1.165) is 30.5 Å². The third-order valence-corrected chi connectivity index (χ3v) is 4.84. The van der Waals surface area contributed by atoms with Gasteiger partial charge >= 0.3 is 0 Å². The summed E-state index contributed by atoms with van der Waals surface area (Å²) in [4.78, 5) is 26.3. The molecule has 2 aromatic carbocycles. The van der Waals surface area contributed by atoms with Gasteiger partial charge in [-0.25, -0.2) is 13.2 Å². The van der Waals surface area contributed by atoms with Gasteiger partial charge in [0.2, 0.25) is 11.8 Å². The molecule has 0 saturated heterocycles. The molecule has 0 aliphatic rings. The van der Waals surface area contributed by atoms with E-state index >= 15 is 0 Å². The number of nitrogens with one attached hydrogen (secondary N) is 2. The molecule has 0 aromatic heterocycles. The zero-order valence-corrected chi connectivity index (χ0v) is 17.2. The molecule has 0 aliphatic heterocycles. The Kier molecular flexibility index (Phi) is 8.41. The predicted molar refractivity (Wildman–Crippen MR) is 109 cm³/mol. The zero-order chi connectivity index (χ0) is 22.3. The smallest absolute Gasteiger partial charge is 0.238 e. The van der Waals surface area contributed by atoms with Gasteiger partial charge in [0.15, 0.2) is 17.5 Å². The van der Waals surface area contributed by atoms with Gasteiger partial charge in [0.25, 0.3) is 0 Å². The summed E-state index contributed by atoms with van der Waals surface area (Å²) < 4.78 is 40.0. The monoisotopic (exact) mass is 421 g/mol. The molecule has 2 amide bonds. The Hall–Kier alpha value is -2.87. The number of nitrogens with zero attached hydrogens (tertiary/aromatic N) is 1. The van der Waals surface area contributed by atoms with E-state index in [-0.39, 0.29) is 18.5 Å². The minimum atomic E-state index is -1.66. The summed E-state index contributed by atoms with van der Waals surface area (Å²) >= 11 is 0. The lowest BCUT2D eigenvalue weighted by Gasteiger charge is -2.26. The maximum atomic E-state index is 13.7. The summed E-state index contributed by atoms with van der Waals surface area (Å²) in [7, 11) is 1.57. The van der Waals surface area contributed by atoms with Crippen LogP contribution in [0.5, 0.6) is 0 Å². The Morgan fingerprint density at radius 2 is 1.70 bits per heavy atom. The summed E-state index contributed by atoms with van der Waals surface area (Å²) in [6.45, 7) is 3.44. The normalized spacial score (nSPS) is 13.0. The zero-order valence-electron chi connectivity index (χ0n) is 17.2. The molecule has 0 aliphatic carbocycles. The number of anilines is 1. The number of hydrogen-bond donors (Lipinski definition) is 2. The lowest BCUT2D eigenvalue weighted by Crippen LogP contribution is -2.46. The van der Waals surface area contributed by atoms with Crippen LogP contribution in [0, 0.1) is 17.5 Å². The second kappa shape index (κ2) is 10.8. The molecule has 8 heteroatoms. The highest BCUT2D eigenvalue weighted by Crippen LogP contribution is 2.20. The molecule has 0 spiro atoms. The van der Waals surface area contributed by atoms with Crippen LogP contribution in [0.1, 0.15) is 38.3 Å². The predicted octanol–water partition coefficient (Wildman–Crippen LogP) is 4.02. The number of rotatable bonds is 9. The molecule has 30 heavy (non-hydrogen) atoms. The minimum Gasteiger partial charge on any atom is -0.348 e. The molecule has 0 unspecified atom stereocenters. The second-order valence-corrected chi connectivity index (χ2v) is 7.12. The average Bonchev–Trinajstić information content (AvgIpc) is 2.73. The van der Waals surface area contributed by atoms with Crippen molar-refractivity contribution in [3.63, 3.8) is 0 Å². The third kappa shape index (κ3) is 6.06. The summed E-state index contributed by atoms with van der Waals surface area (Å²) in [6.07, 6.45) is 1.65. The third-order valence-electron chi connectivity index (χ3n) is 4.84. The average molecular weight is 421 g/mol. The topological polar surface area (TPSA) is 61.4 Å². The van der Waals surface area contributed by atoms with Crippen LogP contribution in [0.2, 0.25) is 0 Å². The molecule has 0 heterocycles. The van der Waals surface area contributed by atoms with Crippen LogP contribution in [-0.2, 0) is 9.59 Å². The highest BCUT2D eigenvalue weighted by molar-refractivity contribution is 5.93. The van der Waals surface area contributed by atoms with Crippen molar-refractivity contribution in [3.8, 4) is 0 Å². The molecular weight excluding hydrogens is 395 g/mol. The molecule has 2 atom stereocenters. The van der Waals surface area contributed by atoms with E-state index in [1.54, 1.807) is 14.0 Å². The Balaban J connectivity index is 1.97. The van der Waals surface area contributed by atoms with E-state index in [1.165, 1.54) is 4.90 Å². The summed E-state index contributed by atoms with van der Waals surface area (Å²) in [5.41, 5.74) is 0.533. The van der Waals surface area contributed by atoms with Crippen molar-refractivity contribution in [2.45, 2.75) is 38.8 Å². The first-order chi connectivity index (χ1) is 14.2. The Morgan fingerprint density at radius 3 is 2.33 bits per heavy atom. The molecule has 162 valence electrons. The number of carbonyl (C=O) groups excluding carboxylic acids is 2. The van der Waals surface area contributed by atoms with Gasteiger partial charge < -0.3 is 10.6 Å². The van der Waals surface area contributed by atoms with Gasteiger partial charge in [0, 0.05) is 0 Å². The standard InChI is InChI=1S/C22H26F3N3O2/c1-4-8-17(15-9-6-5-7-10-15)27-22(30)14(2)28(3)13-19(29)26-18-12-11-16(23)20(24)21(18)25/h5-7,9-12,14,17H,4,8,13H2,1-3H3,(H,26,29)(H,27,30)/t14-,17+/m1/s1. The van der Waals surface area contributed by atoms with Crippen LogP contribution in [0.3, 0.4) is 0 Å². The first-order valence-electron chi connectivity index (χ1n) is 9.73. The van der Waals surface area contributed by atoms with Gasteiger partial charge in [-0.3, -0.25) is 14.5 Å². The van der Waals surface area contributed by atoms with Crippen LogP contribution < -0.4 is 10.6 Å². The molecule has 5 nitrogen and oxygen atoms in total. The van der Waals surface area contributed by atoms with Gasteiger partial charge in [-0.05, 0) is 38.1 Å². The van der Waals surface area contributed by atoms with Gasteiger partial charge in [-0.1, -0.05) is 43.7 Å². The fraction of sp³-hybridized carbons (Fsp3) is 0.364. The number of carbonyl (C=O) groups is 2. The number of hydrogen-bond acceptors (Lipinski definition) is 3. The molecule has 0 saturated carbocycles. The Bertz CT molecular complexity index is 877. The van der Waals surface area contributed by atoms with Gasteiger partial charge in [0.1, 0.15) is 0 Å². The maximum absolute atomic E-state index is 13.7. The number of amides is 2. The molecule has 2 aromatic rings. The van der Waals surface area contributed by atoms with Crippen molar-refractivity contribution in [2.24, 2.45) is 0 Å². The van der Waals surface area contributed by atoms with Crippen molar-refractivity contribution < 1.29 is 22.8 Å². The van der Waals surface area contributed by atoms with Crippen LogP contribution in [0.25, 0.3) is 0 Å². The van der Waals surface area contributed by atoms with E-state index in [1.807, 2.05) is 37.3 Å². The van der Waals surface area contributed by atoms with Crippen LogP contribution in [-0.4, -0.2) is 36.3 Å². The van der Waals surface area contributed by atoms with E-state index in [4.69, 9.17) is 0 Å². The summed E-state index contributed by atoms with van der Waals surface area (Å²) in [6, 6.07) is 10.5. The quantitative estimate of drug-likeness (QED) is 0.602. The first kappa shape index (κ1) is 23.4. The van der Waals surface area contributed by atoms with Crippen LogP contribution in [0.15, 0.2) is 42.5 Å². The fourth-order valence-electron chi connectivity index (χ4n) is 2.96. The van der Waals surface area contributed by atoms with E-state index in [2.05, 4.69) is 10.6 Å². The Labute approximate surface area is 174 Å². The van der Waals surface area contributed by atoms with E-state index < -0.39 is 35.1 Å². The second-order valence-electron chi connectivity index (χ2n) is 7.12. The highest BCUT2D eigenvalue weighted by atomic mass is 19.2. The summed E-state index contributed by atoms with van der Waals surface area (Å²) in [5, 5.41) is 5.19. The largest absolute Gasteiger partial charge is 0.348 e. The SMILES string of the molecule is CCC[C@H](NC(=O)[C@@H](C)N(C)CC(=O)Nc1ccc(F)c(F)c1F)c1ccccc1. The summed E-state index contributed by atoms with van der Waals surface area (Å²) in [5.74, 6) is -5.38.